The largest absolute Gasteiger partial charge is 0.463 e. The summed E-state index contributed by atoms with van der Waals surface area (Å²) in [7, 11) is 1.12. The lowest BCUT2D eigenvalue weighted by Gasteiger charge is -2.50. The van der Waals surface area contributed by atoms with Crippen LogP contribution in [0.25, 0.3) is 0 Å². The van der Waals surface area contributed by atoms with Crippen LogP contribution in [-0.2, 0) is 128 Å². The molecule has 0 radical (unpaired) electrons. The Morgan fingerprint density at radius 1 is 0.280 bits per heavy atom. The van der Waals surface area contributed by atoms with Crippen molar-refractivity contribution < 1.29 is 157 Å². The quantitative estimate of drug-likeness (QED) is 0.0541. The first kappa shape index (κ1) is 80.5. The number of ether oxygens (including phenoxy) is 20. The Labute approximate surface area is 611 Å². The van der Waals surface area contributed by atoms with Gasteiger partial charge in [-0.05, 0) is 60.7 Å². The first-order chi connectivity index (χ1) is 51.3. The summed E-state index contributed by atoms with van der Waals surface area (Å²) in [5.74, 6) is -12.6. The summed E-state index contributed by atoms with van der Waals surface area (Å²) < 4.78 is 122. The number of benzene rings is 5. The molecular formula is C74H78O33. The van der Waals surface area contributed by atoms with E-state index in [-0.39, 0.29) is 27.8 Å². The molecule has 4 fully saturated rings. The van der Waals surface area contributed by atoms with E-state index >= 15 is 0 Å². The van der Waals surface area contributed by atoms with Crippen molar-refractivity contribution in [1.29, 1.82) is 0 Å². The second-order valence-corrected chi connectivity index (χ2v) is 24.3. The van der Waals surface area contributed by atoms with E-state index in [1.165, 1.54) is 109 Å². The highest BCUT2D eigenvalue weighted by Crippen LogP contribution is 2.40. The number of aliphatic hydroxyl groups is 1. The van der Waals surface area contributed by atoms with Crippen LogP contribution in [0.15, 0.2) is 152 Å². The van der Waals surface area contributed by atoms with E-state index in [0.29, 0.717) is 0 Å². The third-order valence-corrected chi connectivity index (χ3v) is 16.4. The van der Waals surface area contributed by atoms with Crippen molar-refractivity contribution in [3.8, 4) is 0 Å². The molecule has 33 nitrogen and oxygen atoms in total. The van der Waals surface area contributed by atoms with Crippen LogP contribution in [0.1, 0.15) is 100 Å². The number of carbonyl (C=O) groups is 12. The van der Waals surface area contributed by atoms with Gasteiger partial charge in [0.25, 0.3) is 0 Å². The fourth-order valence-electron chi connectivity index (χ4n) is 11.9. The molecule has 0 bridgehead atoms. The number of esters is 12. The first-order valence-corrected chi connectivity index (χ1v) is 33.4. The Kier molecular flexibility index (Phi) is 28.6. The van der Waals surface area contributed by atoms with Crippen LogP contribution in [0.5, 0.6) is 0 Å². The smallest absolute Gasteiger partial charge is 0.338 e. The van der Waals surface area contributed by atoms with Gasteiger partial charge in [0.2, 0.25) is 0 Å². The molecule has 33 heteroatoms. The van der Waals surface area contributed by atoms with Gasteiger partial charge in [0.05, 0.1) is 34.4 Å². The van der Waals surface area contributed by atoms with Gasteiger partial charge in [-0.2, -0.15) is 0 Å². The van der Waals surface area contributed by atoms with Crippen LogP contribution in [0.4, 0.5) is 0 Å². The zero-order chi connectivity index (χ0) is 77.0. The van der Waals surface area contributed by atoms with Crippen LogP contribution in [0, 0.1) is 0 Å². The molecule has 572 valence electrons. The zero-order valence-electron chi connectivity index (χ0n) is 58.8. The molecule has 5 aromatic rings. The molecule has 0 aliphatic carbocycles. The summed E-state index contributed by atoms with van der Waals surface area (Å²) in [4.78, 5) is 164. The van der Waals surface area contributed by atoms with Gasteiger partial charge in [-0.3, -0.25) is 33.6 Å². The van der Waals surface area contributed by atoms with Gasteiger partial charge < -0.3 is 99.8 Å². The highest BCUT2D eigenvalue weighted by Gasteiger charge is 2.61. The molecule has 17 unspecified atom stereocenters. The van der Waals surface area contributed by atoms with E-state index in [4.69, 9.17) is 94.7 Å². The Morgan fingerprint density at radius 3 is 0.935 bits per heavy atom. The Morgan fingerprint density at radius 2 is 0.551 bits per heavy atom. The fraction of sp³-hybridized carbons (Fsp3) is 0.432. The molecule has 0 spiro atoms. The van der Waals surface area contributed by atoms with Crippen molar-refractivity contribution in [2.45, 2.75) is 171 Å². The van der Waals surface area contributed by atoms with E-state index in [2.05, 4.69) is 0 Å². The lowest BCUT2D eigenvalue weighted by molar-refractivity contribution is -0.384. The van der Waals surface area contributed by atoms with Gasteiger partial charge in [0.15, 0.2) is 80.1 Å². The monoisotopic (exact) mass is 1490 g/mol. The molecule has 4 saturated heterocycles. The Balaban J connectivity index is 1.23. The van der Waals surface area contributed by atoms with Gasteiger partial charge in [0, 0.05) is 55.6 Å². The van der Waals surface area contributed by atoms with Crippen LogP contribution < -0.4 is 0 Å². The summed E-state index contributed by atoms with van der Waals surface area (Å²) in [6, 6.07) is 37.0. The first-order valence-electron chi connectivity index (χ1n) is 33.4. The maximum absolute atomic E-state index is 14.7. The highest BCUT2D eigenvalue weighted by molar-refractivity contribution is 5.92. The van der Waals surface area contributed by atoms with Crippen molar-refractivity contribution in [1.82, 2.24) is 0 Å². The number of methoxy groups -OCH3 is 1. The molecule has 9 rings (SSSR count). The Hall–Kier alpha value is -10.6. The maximum atomic E-state index is 14.7. The molecule has 0 saturated carbocycles. The van der Waals surface area contributed by atoms with E-state index in [9.17, 15) is 62.6 Å². The van der Waals surface area contributed by atoms with Crippen molar-refractivity contribution >= 4 is 71.6 Å². The van der Waals surface area contributed by atoms with Crippen LogP contribution >= 0.6 is 0 Å². The van der Waals surface area contributed by atoms with Crippen molar-refractivity contribution in [3.63, 3.8) is 0 Å². The Bertz CT molecular complexity index is 3880. The standard InChI is InChI=1S/C74H78O33/c1-38(75)89-34-50-55(93-40(3)77)54(82)59(103-68(85)47-28-18-11-19-29-47)73(100-50)106-62-57(95-42(5)79)53(101-74(65(62)97-44(7)81)107-61-56(94-41(4)78)51(35-90-39(2)76)98-71(88-8)63(61)96-43(6)80)37-92-72-64(105-70(87)49-32-22-13-23-33-49)60(104-69(86)48-30-20-12-21-31-48)58(102-67(84)46-26-16-10-17-27-46)52(99-72)36-91-66(83)45-24-14-9-15-25-45/h9-33,50-65,71-74,82H,34-37H2,1-8H3/t50?,51?,52?,53?,54?,55?,56?,57-,58?,59?,60?,61?,62-,63?,64?,65?,71?,72?,73?,74-/m0/s1. The van der Waals surface area contributed by atoms with Crippen LogP contribution in [0.3, 0.4) is 0 Å². The van der Waals surface area contributed by atoms with Gasteiger partial charge >= 0.3 is 71.6 Å². The molecule has 0 amide bonds. The fourth-order valence-corrected chi connectivity index (χ4v) is 11.9. The van der Waals surface area contributed by atoms with E-state index in [0.717, 1.165) is 55.6 Å². The number of aliphatic hydroxyl groups excluding tert-OH is 1. The molecule has 0 aromatic heterocycles. The number of hydrogen-bond donors (Lipinski definition) is 1. The lowest BCUT2D eigenvalue weighted by atomic mass is 9.95. The summed E-state index contributed by atoms with van der Waals surface area (Å²) >= 11 is 0. The normalized spacial score (nSPS) is 28.1. The van der Waals surface area contributed by atoms with Gasteiger partial charge in [0.1, 0.15) is 62.5 Å². The number of rotatable bonds is 28. The second kappa shape index (κ2) is 38.1. The molecule has 5 aromatic carbocycles. The third kappa shape index (κ3) is 21.8. The van der Waals surface area contributed by atoms with Gasteiger partial charge in [-0.25, -0.2) is 24.0 Å². The lowest BCUT2D eigenvalue weighted by Crippen LogP contribution is -2.69. The van der Waals surface area contributed by atoms with E-state index in [1.807, 2.05) is 0 Å². The molecule has 20 atom stereocenters. The molecular weight excluding hydrogens is 1420 g/mol. The van der Waals surface area contributed by atoms with Crippen molar-refractivity contribution in [3.05, 3.63) is 179 Å². The molecule has 4 aliphatic heterocycles. The summed E-state index contributed by atoms with van der Waals surface area (Å²) in [5.41, 5.74) is -0.309. The minimum absolute atomic E-state index is 0.0388. The predicted octanol–water partition coefficient (Wildman–Crippen LogP) is 4.22. The molecule has 107 heavy (non-hydrogen) atoms. The van der Waals surface area contributed by atoms with Crippen molar-refractivity contribution in [2.75, 3.05) is 33.5 Å². The van der Waals surface area contributed by atoms with Crippen molar-refractivity contribution in [2.24, 2.45) is 0 Å². The number of hydrogen-bond acceptors (Lipinski definition) is 33. The maximum Gasteiger partial charge on any atom is 0.338 e. The predicted molar refractivity (Wildman–Crippen MR) is 354 cm³/mol. The topological polar surface area (TPSA) is 410 Å². The van der Waals surface area contributed by atoms with Crippen LogP contribution in [-0.4, -0.2) is 233 Å². The SMILES string of the molecule is COC1OC(COC(C)=O)C(OC(C)=O)C(O[C@@H]2OC(COC3OC(COC(=O)c4ccccc4)C(OC(=O)c4ccccc4)C(OC(=O)c4ccccc4)C3OC(=O)c3ccccc3)[C@H](OC(C)=O)[C@H](OC3OC(COC(C)=O)C(OC(C)=O)C(O)C3OC(=O)c3ccccc3)C2OC(C)=O)C1OC(C)=O. The van der Waals surface area contributed by atoms with E-state index in [1.54, 1.807) is 42.5 Å². The van der Waals surface area contributed by atoms with E-state index < -0.39 is 221 Å². The molecule has 4 heterocycles. The minimum Gasteiger partial charge on any atom is -0.463 e. The third-order valence-electron chi connectivity index (χ3n) is 16.4. The van der Waals surface area contributed by atoms with Gasteiger partial charge in [-0.1, -0.05) is 91.0 Å². The average Bonchev–Trinajstić information content (AvgIpc) is 0.762. The van der Waals surface area contributed by atoms with Gasteiger partial charge in [-0.15, -0.1) is 0 Å². The number of carbonyl (C=O) groups excluding carboxylic acids is 12. The summed E-state index contributed by atoms with van der Waals surface area (Å²) in [5, 5.41) is 12.4. The highest BCUT2D eigenvalue weighted by atomic mass is 16.8. The second-order valence-electron chi connectivity index (χ2n) is 24.3. The average molecular weight is 1500 g/mol. The van der Waals surface area contributed by atoms with Crippen LogP contribution in [0.2, 0.25) is 0 Å². The molecule has 1 N–H and O–H groups in total. The zero-order valence-corrected chi connectivity index (χ0v) is 58.8. The minimum atomic E-state index is -2.33. The molecule has 4 aliphatic rings. The summed E-state index contributed by atoms with van der Waals surface area (Å²) in [6.45, 7) is 3.33. The summed E-state index contributed by atoms with van der Waals surface area (Å²) in [6.07, 6.45) is -40.2.